The number of hydrogen-bond donors (Lipinski definition) is 1. The van der Waals surface area contributed by atoms with Gasteiger partial charge in [0, 0.05) is 24.3 Å². The van der Waals surface area contributed by atoms with Crippen molar-refractivity contribution in [1.29, 1.82) is 0 Å². The predicted molar refractivity (Wildman–Crippen MR) is 82.4 cm³/mol. The lowest BCUT2D eigenvalue weighted by Crippen LogP contribution is -2.34. The van der Waals surface area contributed by atoms with E-state index in [9.17, 15) is 8.78 Å². The minimum Gasteiger partial charge on any atom is -0.363 e. The molecule has 0 heterocycles. The van der Waals surface area contributed by atoms with E-state index in [4.69, 9.17) is 5.73 Å². The Labute approximate surface area is 124 Å². The van der Waals surface area contributed by atoms with Crippen LogP contribution in [0.2, 0.25) is 0 Å². The van der Waals surface area contributed by atoms with Gasteiger partial charge in [0.1, 0.15) is 11.6 Å². The fourth-order valence-corrected chi connectivity index (χ4v) is 2.58. The molecule has 1 atom stereocenters. The lowest BCUT2D eigenvalue weighted by Gasteiger charge is -2.32. The van der Waals surface area contributed by atoms with Crippen molar-refractivity contribution in [2.24, 2.45) is 5.73 Å². The van der Waals surface area contributed by atoms with Crippen molar-refractivity contribution in [2.45, 2.75) is 19.9 Å². The summed E-state index contributed by atoms with van der Waals surface area (Å²) in [5, 5.41) is 0. The first kappa shape index (κ1) is 15.4. The van der Waals surface area contributed by atoms with Crippen LogP contribution in [0.4, 0.5) is 14.5 Å². The van der Waals surface area contributed by atoms with Crippen LogP contribution >= 0.6 is 0 Å². The molecule has 0 fully saturated rings. The van der Waals surface area contributed by atoms with E-state index in [1.165, 1.54) is 18.2 Å². The zero-order valence-electron chi connectivity index (χ0n) is 12.3. The zero-order valence-corrected chi connectivity index (χ0v) is 12.3. The highest BCUT2D eigenvalue weighted by molar-refractivity contribution is 5.49. The molecule has 2 aromatic carbocycles. The van der Waals surface area contributed by atoms with Crippen LogP contribution in [0.25, 0.3) is 0 Å². The molecule has 0 bridgehead atoms. The first-order valence-corrected chi connectivity index (χ1v) is 7.05. The van der Waals surface area contributed by atoms with Crippen molar-refractivity contribution in [3.8, 4) is 0 Å². The Morgan fingerprint density at radius 1 is 1.14 bits per heavy atom. The zero-order chi connectivity index (χ0) is 15.4. The van der Waals surface area contributed by atoms with Crippen LogP contribution in [0.5, 0.6) is 0 Å². The van der Waals surface area contributed by atoms with Crippen LogP contribution in [0.1, 0.15) is 24.1 Å². The molecule has 21 heavy (non-hydrogen) atoms. The minimum absolute atomic E-state index is 0.255. The van der Waals surface area contributed by atoms with Crippen LogP contribution < -0.4 is 10.6 Å². The van der Waals surface area contributed by atoms with Gasteiger partial charge in [0.25, 0.3) is 0 Å². The van der Waals surface area contributed by atoms with Crippen LogP contribution in [-0.2, 0) is 0 Å². The van der Waals surface area contributed by atoms with Crippen LogP contribution in [-0.4, -0.2) is 13.1 Å². The number of likely N-dealkylation sites (N-methyl/N-ethyl adjacent to an activating group) is 1. The number of benzene rings is 2. The summed E-state index contributed by atoms with van der Waals surface area (Å²) in [5.41, 5.74) is 8.09. The molecule has 0 aliphatic heterocycles. The van der Waals surface area contributed by atoms with Gasteiger partial charge in [-0.15, -0.1) is 0 Å². The van der Waals surface area contributed by atoms with Gasteiger partial charge in [-0.25, -0.2) is 8.78 Å². The van der Waals surface area contributed by atoms with Crippen molar-refractivity contribution in [3.63, 3.8) is 0 Å². The molecule has 0 saturated carbocycles. The molecular weight excluding hydrogens is 270 g/mol. The molecule has 1 unspecified atom stereocenters. The predicted octanol–water partition coefficient (Wildman–Crippen LogP) is 3.80. The molecule has 2 aromatic rings. The van der Waals surface area contributed by atoms with E-state index in [2.05, 4.69) is 0 Å². The summed E-state index contributed by atoms with van der Waals surface area (Å²) in [7, 11) is 0. The van der Waals surface area contributed by atoms with E-state index in [-0.39, 0.29) is 24.2 Å². The Kier molecular flexibility index (Phi) is 4.91. The topological polar surface area (TPSA) is 29.3 Å². The second-order valence-corrected chi connectivity index (χ2v) is 5.04. The molecule has 0 aliphatic carbocycles. The molecule has 0 spiro atoms. The first-order valence-electron chi connectivity index (χ1n) is 7.05. The second-order valence-electron chi connectivity index (χ2n) is 5.04. The molecule has 2 N–H and O–H groups in total. The molecule has 2 nitrogen and oxygen atoms in total. The van der Waals surface area contributed by atoms with Crippen molar-refractivity contribution in [1.82, 2.24) is 0 Å². The van der Waals surface area contributed by atoms with E-state index < -0.39 is 0 Å². The lowest BCUT2D eigenvalue weighted by molar-refractivity contribution is 0.560. The van der Waals surface area contributed by atoms with Gasteiger partial charge in [0.15, 0.2) is 0 Å². The summed E-state index contributed by atoms with van der Waals surface area (Å²) >= 11 is 0. The third-order valence-corrected chi connectivity index (χ3v) is 3.59. The molecule has 112 valence electrons. The molecule has 2 rings (SSSR count). The van der Waals surface area contributed by atoms with Gasteiger partial charge in [-0.05, 0) is 38.1 Å². The fraction of sp³-hybridized carbons (Fsp3) is 0.294. The maximum atomic E-state index is 14.1. The average molecular weight is 290 g/mol. The van der Waals surface area contributed by atoms with Crippen molar-refractivity contribution < 1.29 is 8.78 Å². The Hall–Kier alpha value is -1.94. The van der Waals surface area contributed by atoms with Crippen LogP contribution in [0.3, 0.4) is 0 Å². The van der Waals surface area contributed by atoms with E-state index in [1.807, 2.05) is 24.8 Å². The molecule has 0 aromatic heterocycles. The number of anilines is 1. The molecule has 0 amide bonds. The monoisotopic (exact) mass is 290 g/mol. The lowest BCUT2D eigenvalue weighted by atomic mass is 10.0. The summed E-state index contributed by atoms with van der Waals surface area (Å²) in [6.45, 7) is 4.72. The Morgan fingerprint density at radius 2 is 1.90 bits per heavy atom. The molecule has 0 saturated heterocycles. The van der Waals surface area contributed by atoms with Gasteiger partial charge in [-0.1, -0.05) is 23.8 Å². The first-order chi connectivity index (χ1) is 10.1. The summed E-state index contributed by atoms with van der Waals surface area (Å²) in [6, 6.07) is 10.9. The number of hydrogen-bond acceptors (Lipinski definition) is 2. The minimum atomic E-state index is -0.323. The highest BCUT2D eigenvalue weighted by atomic mass is 19.1. The SMILES string of the molecule is CCN(c1cccc(F)c1)C(CN)c1cc(C)ccc1F. The second kappa shape index (κ2) is 6.68. The number of aryl methyl sites for hydroxylation is 1. The Bertz CT molecular complexity index is 613. The summed E-state index contributed by atoms with van der Waals surface area (Å²) < 4.78 is 27.6. The summed E-state index contributed by atoms with van der Waals surface area (Å²) in [4.78, 5) is 1.92. The smallest absolute Gasteiger partial charge is 0.128 e. The number of nitrogens with zero attached hydrogens (tertiary/aromatic N) is 1. The molecule has 0 aliphatic rings. The Balaban J connectivity index is 2.44. The maximum Gasteiger partial charge on any atom is 0.128 e. The number of nitrogens with two attached hydrogens (primary N) is 1. The third kappa shape index (κ3) is 3.39. The Morgan fingerprint density at radius 3 is 2.52 bits per heavy atom. The van der Waals surface area contributed by atoms with Crippen molar-refractivity contribution in [3.05, 3.63) is 65.2 Å². The fourth-order valence-electron chi connectivity index (χ4n) is 2.58. The average Bonchev–Trinajstić information content (AvgIpc) is 2.47. The van der Waals surface area contributed by atoms with Crippen molar-refractivity contribution in [2.75, 3.05) is 18.0 Å². The van der Waals surface area contributed by atoms with Gasteiger partial charge in [-0.2, -0.15) is 0 Å². The summed E-state index contributed by atoms with van der Waals surface area (Å²) in [5.74, 6) is -0.600. The van der Waals surface area contributed by atoms with Gasteiger partial charge < -0.3 is 10.6 Å². The van der Waals surface area contributed by atoms with E-state index >= 15 is 0 Å². The van der Waals surface area contributed by atoms with Gasteiger partial charge in [0.2, 0.25) is 0 Å². The molecular formula is C17H20F2N2. The number of halogens is 2. The maximum absolute atomic E-state index is 14.1. The normalized spacial score (nSPS) is 12.2. The van der Waals surface area contributed by atoms with Gasteiger partial charge in [0.05, 0.1) is 6.04 Å². The van der Waals surface area contributed by atoms with Crippen LogP contribution in [0, 0.1) is 18.6 Å². The van der Waals surface area contributed by atoms with E-state index in [1.54, 1.807) is 18.2 Å². The highest BCUT2D eigenvalue weighted by Gasteiger charge is 2.21. The summed E-state index contributed by atoms with van der Waals surface area (Å²) in [6.07, 6.45) is 0. The largest absolute Gasteiger partial charge is 0.363 e. The highest BCUT2D eigenvalue weighted by Crippen LogP contribution is 2.29. The van der Waals surface area contributed by atoms with Gasteiger partial charge in [-0.3, -0.25) is 0 Å². The van der Waals surface area contributed by atoms with Crippen molar-refractivity contribution >= 4 is 5.69 Å². The van der Waals surface area contributed by atoms with E-state index in [0.29, 0.717) is 17.8 Å². The van der Waals surface area contributed by atoms with E-state index in [0.717, 1.165) is 5.56 Å². The quantitative estimate of drug-likeness (QED) is 0.907. The molecule has 0 radical (unpaired) electrons. The standard InChI is InChI=1S/C17H20F2N2/c1-3-21(14-6-4-5-13(18)10-14)17(11-20)15-9-12(2)7-8-16(15)19/h4-10,17H,3,11,20H2,1-2H3. The third-order valence-electron chi connectivity index (χ3n) is 3.59. The van der Waals surface area contributed by atoms with Gasteiger partial charge >= 0.3 is 0 Å². The van der Waals surface area contributed by atoms with Crippen LogP contribution in [0.15, 0.2) is 42.5 Å². The number of rotatable bonds is 5. The molecule has 4 heteroatoms.